The molecule has 3 aromatic rings. The number of hydrogen-bond donors (Lipinski definition) is 1. The molecule has 0 saturated carbocycles. The van der Waals surface area contributed by atoms with Crippen molar-refractivity contribution in [3.63, 3.8) is 0 Å². The summed E-state index contributed by atoms with van der Waals surface area (Å²) in [6.45, 7) is 2.68. The molecule has 1 aliphatic heterocycles. The van der Waals surface area contributed by atoms with Gasteiger partial charge in [0.25, 0.3) is 0 Å². The van der Waals surface area contributed by atoms with Crippen LogP contribution in [-0.2, 0) is 13.6 Å². The van der Waals surface area contributed by atoms with Crippen molar-refractivity contribution in [1.82, 2.24) is 9.47 Å². The molecule has 1 aromatic heterocycles. The molecule has 1 fully saturated rings. The van der Waals surface area contributed by atoms with Crippen LogP contribution < -0.4 is 0 Å². The molecule has 0 radical (unpaired) electrons. The van der Waals surface area contributed by atoms with E-state index >= 15 is 0 Å². The summed E-state index contributed by atoms with van der Waals surface area (Å²) in [5, 5.41) is 11.9. The molecule has 2 atom stereocenters. The van der Waals surface area contributed by atoms with Gasteiger partial charge < -0.3 is 9.67 Å². The Kier molecular flexibility index (Phi) is 4.13. The number of aliphatic hydroxyl groups is 1. The molecule has 0 amide bonds. The number of benzene rings is 2. The van der Waals surface area contributed by atoms with E-state index in [0.717, 1.165) is 26.1 Å². The van der Waals surface area contributed by atoms with E-state index in [4.69, 9.17) is 0 Å². The number of β-amino-alcohol motifs (C(OH)–C–C–N with tert-alkyl or cyclic N) is 1. The third-order valence-corrected chi connectivity index (χ3v) is 5.25. The first-order valence-corrected chi connectivity index (χ1v) is 8.70. The lowest BCUT2D eigenvalue weighted by molar-refractivity contribution is 0.0477. The first-order chi connectivity index (χ1) is 11.7. The number of likely N-dealkylation sites (tertiary alicyclic amines) is 1. The van der Waals surface area contributed by atoms with Crippen molar-refractivity contribution < 1.29 is 5.11 Å². The number of aryl methyl sites for hydroxylation is 1. The number of rotatable bonds is 3. The molecule has 0 unspecified atom stereocenters. The van der Waals surface area contributed by atoms with Crippen LogP contribution in [0.3, 0.4) is 0 Å². The fourth-order valence-electron chi connectivity index (χ4n) is 3.92. The number of nitrogens with zero attached hydrogens (tertiary/aromatic N) is 2. The summed E-state index contributed by atoms with van der Waals surface area (Å²) < 4.78 is 2.15. The summed E-state index contributed by atoms with van der Waals surface area (Å²) in [6.07, 6.45) is 2.82. The molecule has 124 valence electrons. The Labute approximate surface area is 143 Å². The molecule has 0 aliphatic carbocycles. The van der Waals surface area contributed by atoms with Gasteiger partial charge in [-0.2, -0.15) is 0 Å². The molecule has 0 bridgehead atoms. The van der Waals surface area contributed by atoms with Crippen LogP contribution in [0, 0.1) is 0 Å². The van der Waals surface area contributed by atoms with Crippen LogP contribution in [0.1, 0.15) is 23.5 Å². The summed E-state index contributed by atoms with van der Waals surface area (Å²) in [4.78, 5) is 2.37. The number of hydrogen-bond acceptors (Lipinski definition) is 2. The monoisotopic (exact) mass is 320 g/mol. The average molecular weight is 320 g/mol. The quantitative estimate of drug-likeness (QED) is 0.800. The van der Waals surface area contributed by atoms with Crippen LogP contribution in [0.4, 0.5) is 0 Å². The fourth-order valence-corrected chi connectivity index (χ4v) is 3.92. The molecule has 2 heterocycles. The van der Waals surface area contributed by atoms with Crippen molar-refractivity contribution in [2.75, 3.05) is 13.1 Å². The van der Waals surface area contributed by atoms with E-state index in [2.05, 4.69) is 71.2 Å². The third kappa shape index (κ3) is 2.97. The second-order valence-corrected chi connectivity index (χ2v) is 6.93. The molecule has 24 heavy (non-hydrogen) atoms. The molecular weight excluding hydrogens is 296 g/mol. The van der Waals surface area contributed by atoms with Crippen LogP contribution in [0.25, 0.3) is 10.9 Å². The van der Waals surface area contributed by atoms with E-state index in [1.807, 2.05) is 6.07 Å². The van der Waals surface area contributed by atoms with Gasteiger partial charge in [-0.25, -0.2) is 0 Å². The van der Waals surface area contributed by atoms with Crippen molar-refractivity contribution in [3.05, 3.63) is 71.9 Å². The molecule has 1 aliphatic rings. The highest BCUT2D eigenvalue weighted by atomic mass is 16.3. The molecule has 2 aromatic carbocycles. The summed E-state index contributed by atoms with van der Waals surface area (Å²) >= 11 is 0. The minimum absolute atomic E-state index is 0.263. The van der Waals surface area contributed by atoms with Gasteiger partial charge in [-0.15, -0.1) is 0 Å². The van der Waals surface area contributed by atoms with E-state index in [-0.39, 0.29) is 12.0 Å². The van der Waals surface area contributed by atoms with E-state index in [1.54, 1.807) is 0 Å². The maximum atomic E-state index is 10.6. The summed E-state index contributed by atoms with van der Waals surface area (Å²) in [7, 11) is 2.08. The lowest BCUT2D eigenvalue weighted by Gasteiger charge is -2.36. The molecule has 4 rings (SSSR count). The predicted molar refractivity (Wildman–Crippen MR) is 98.0 cm³/mol. The maximum absolute atomic E-state index is 10.6. The van der Waals surface area contributed by atoms with Crippen molar-refractivity contribution in [2.24, 2.45) is 7.05 Å². The summed E-state index contributed by atoms with van der Waals surface area (Å²) in [5.74, 6) is 0.263. The van der Waals surface area contributed by atoms with Gasteiger partial charge in [-0.3, -0.25) is 4.90 Å². The number of piperidine rings is 1. The Hall–Kier alpha value is -2.10. The van der Waals surface area contributed by atoms with E-state index in [9.17, 15) is 5.11 Å². The van der Waals surface area contributed by atoms with Gasteiger partial charge in [-0.05, 0) is 47.7 Å². The van der Waals surface area contributed by atoms with E-state index < -0.39 is 0 Å². The van der Waals surface area contributed by atoms with Gasteiger partial charge in [0.1, 0.15) is 0 Å². The first-order valence-electron chi connectivity index (χ1n) is 8.70. The van der Waals surface area contributed by atoms with Crippen LogP contribution in [0.5, 0.6) is 0 Å². The zero-order valence-electron chi connectivity index (χ0n) is 14.1. The minimum Gasteiger partial charge on any atom is -0.391 e. The van der Waals surface area contributed by atoms with Gasteiger partial charge in [0, 0.05) is 37.8 Å². The number of fused-ring (bicyclic) bond motifs is 1. The van der Waals surface area contributed by atoms with Crippen LogP contribution in [0.15, 0.2) is 60.8 Å². The van der Waals surface area contributed by atoms with Gasteiger partial charge in [0.2, 0.25) is 0 Å². The molecule has 3 heteroatoms. The zero-order chi connectivity index (χ0) is 16.5. The van der Waals surface area contributed by atoms with Gasteiger partial charge >= 0.3 is 0 Å². The highest BCUT2D eigenvalue weighted by Gasteiger charge is 2.28. The van der Waals surface area contributed by atoms with Crippen molar-refractivity contribution in [1.29, 1.82) is 0 Å². The van der Waals surface area contributed by atoms with Crippen molar-refractivity contribution in [3.8, 4) is 0 Å². The van der Waals surface area contributed by atoms with Crippen molar-refractivity contribution in [2.45, 2.75) is 25.0 Å². The van der Waals surface area contributed by atoms with E-state index in [1.165, 1.54) is 22.0 Å². The Morgan fingerprint density at radius 2 is 1.92 bits per heavy atom. The van der Waals surface area contributed by atoms with Gasteiger partial charge in [0.05, 0.1) is 6.10 Å². The SMILES string of the molecule is Cn1ccc2cc(CN3CC[C@@H](c4ccccc4)[C@H](O)C3)ccc21. The van der Waals surface area contributed by atoms with Crippen LogP contribution in [-0.4, -0.2) is 33.8 Å². The zero-order valence-corrected chi connectivity index (χ0v) is 14.1. The fraction of sp³-hybridized carbons (Fsp3) is 0.333. The largest absolute Gasteiger partial charge is 0.391 e. The second-order valence-electron chi connectivity index (χ2n) is 6.93. The second kappa shape index (κ2) is 6.42. The predicted octanol–water partition coefficient (Wildman–Crippen LogP) is 3.53. The summed E-state index contributed by atoms with van der Waals surface area (Å²) in [6, 6.07) is 19.2. The summed E-state index contributed by atoms with van der Waals surface area (Å²) in [5.41, 5.74) is 3.84. The highest BCUT2D eigenvalue weighted by molar-refractivity contribution is 5.80. The third-order valence-electron chi connectivity index (χ3n) is 5.25. The topological polar surface area (TPSA) is 28.4 Å². The van der Waals surface area contributed by atoms with Gasteiger partial charge in [0.15, 0.2) is 0 Å². The van der Waals surface area contributed by atoms with E-state index in [0.29, 0.717) is 0 Å². The Bertz CT molecular complexity index is 824. The Balaban J connectivity index is 1.44. The van der Waals surface area contributed by atoms with Crippen molar-refractivity contribution >= 4 is 10.9 Å². The maximum Gasteiger partial charge on any atom is 0.0736 e. The first kappa shape index (κ1) is 15.4. The molecular formula is C21H24N2O. The molecule has 1 saturated heterocycles. The number of aliphatic hydroxyl groups excluding tert-OH is 1. The van der Waals surface area contributed by atoms with Crippen LogP contribution >= 0.6 is 0 Å². The lowest BCUT2D eigenvalue weighted by Crippen LogP contribution is -2.42. The highest BCUT2D eigenvalue weighted by Crippen LogP contribution is 2.29. The lowest BCUT2D eigenvalue weighted by atomic mass is 9.87. The number of aromatic nitrogens is 1. The normalized spacial score (nSPS) is 22.1. The standard InChI is InChI=1S/C21H24N2O/c1-22-11-9-18-13-16(7-8-20(18)22)14-23-12-10-19(21(24)15-23)17-5-3-2-4-6-17/h2-9,11,13,19,21,24H,10,12,14-15H2,1H3/t19-,21+/m0/s1. The van der Waals surface area contributed by atoms with Crippen LogP contribution in [0.2, 0.25) is 0 Å². The smallest absolute Gasteiger partial charge is 0.0736 e. The molecule has 0 spiro atoms. The molecule has 1 N–H and O–H groups in total. The van der Waals surface area contributed by atoms with Gasteiger partial charge in [-0.1, -0.05) is 36.4 Å². The Morgan fingerprint density at radius 3 is 2.71 bits per heavy atom. The average Bonchev–Trinajstić information content (AvgIpc) is 2.96. The molecule has 3 nitrogen and oxygen atoms in total. The minimum atomic E-state index is -0.290. The Morgan fingerprint density at radius 1 is 1.08 bits per heavy atom.